The molecule has 0 spiro atoms. The van der Waals surface area contributed by atoms with Crippen LogP contribution in [0.1, 0.15) is 17.1 Å². The Morgan fingerprint density at radius 2 is 1.64 bits per heavy atom. The Morgan fingerprint density at radius 1 is 1.04 bits per heavy atom. The van der Waals surface area contributed by atoms with E-state index in [9.17, 15) is 9.59 Å². The van der Waals surface area contributed by atoms with Crippen LogP contribution in [0.25, 0.3) is 5.95 Å². The van der Waals surface area contributed by atoms with Crippen molar-refractivity contribution in [2.75, 3.05) is 32.5 Å². The average molecular weight is 345 g/mol. The van der Waals surface area contributed by atoms with Gasteiger partial charge in [-0.1, -0.05) is 0 Å². The molecule has 2 N–H and O–H groups in total. The van der Waals surface area contributed by atoms with Gasteiger partial charge < -0.3 is 10.6 Å². The summed E-state index contributed by atoms with van der Waals surface area (Å²) in [5, 5.41) is 9.68. The first kappa shape index (κ1) is 18.5. The number of rotatable bonds is 6. The molecule has 9 heteroatoms. The van der Waals surface area contributed by atoms with Gasteiger partial charge in [-0.05, 0) is 33.9 Å². The number of nitrogens with one attached hydrogen (secondary N) is 2. The molecule has 0 aliphatic rings. The van der Waals surface area contributed by atoms with Gasteiger partial charge in [0.1, 0.15) is 5.82 Å². The second-order valence-corrected chi connectivity index (χ2v) is 5.93. The van der Waals surface area contributed by atoms with Gasteiger partial charge in [0.05, 0.1) is 18.8 Å². The van der Waals surface area contributed by atoms with E-state index in [1.807, 2.05) is 26.8 Å². The molecule has 134 valence electrons. The molecule has 0 aliphatic carbocycles. The van der Waals surface area contributed by atoms with E-state index in [0.717, 1.165) is 17.1 Å². The van der Waals surface area contributed by atoms with Crippen molar-refractivity contribution < 1.29 is 9.59 Å². The summed E-state index contributed by atoms with van der Waals surface area (Å²) in [7, 11) is 3.26. The zero-order valence-corrected chi connectivity index (χ0v) is 15.1. The number of amides is 2. The van der Waals surface area contributed by atoms with Crippen molar-refractivity contribution in [1.82, 2.24) is 30.0 Å². The second kappa shape index (κ2) is 7.84. The molecule has 0 aromatic carbocycles. The highest BCUT2D eigenvalue weighted by atomic mass is 16.2. The monoisotopic (exact) mass is 345 g/mol. The van der Waals surface area contributed by atoms with Crippen LogP contribution in [0.4, 0.5) is 5.82 Å². The van der Waals surface area contributed by atoms with E-state index in [4.69, 9.17) is 0 Å². The van der Waals surface area contributed by atoms with Gasteiger partial charge in [-0.15, -0.1) is 0 Å². The van der Waals surface area contributed by atoms with Crippen molar-refractivity contribution in [3.8, 4) is 5.95 Å². The first-order valence-electron chi connectivity index (χ1n) is 7.86. The van der Waals surface area contributed by atoms with Crippen molar-refractivity contribution in [1.29, 1.82) is 0 Å². The van der Waals surface area contributed by atoms with Crippen molar-refractivity contribution >= 4 is 17.6 Å². The third-order valence-corrected chi connectivity index (χ3v) is 3.36. The number of nitrogens with zero attached hydrogens (tertiary/aromatic N) is 5. The zero-order chi connectivity index (χ0) is 18.6. The lowest BCUT2D eigenvalue weighted by molar-refractivity contribution is -0.122. The number of hydrogen-bond acceptors (Lipinski definition) is 6. The van der Waals surface area contributed by atoms with Crippen LogP contribution in [0.2, 0.25) is 0 Å². The van der Waals surface area contributed by atoms with E-state index in [1.54, 1.807) is 25.1 Å². The Bertz CT molecular complexity index is 765. The van der Waals surface area contributed by atoms with E-state index < -0.39 is 0 Å². The second-order valence-electron chi connectivity index (χ2n) is 5.93. The molecule has 2 amide bonds. The predicted molar refractivity (Wildman–Crippen MR) is 93.6 cm³/mol. The number of carbonyl (C=O) groups excluding carboxylic acids is 2. The Labute approximate surface area is 146 Å². The number of anilines is 1. The molecule has 0 radical (unpaired) electrons. The fraction of sp³-hybridized carbons (Fsp3) is 0.438. The van der Waals surface area contributed by atoms with Gasteiger partial charge in [-0.2, -0.15) is 9.78 Å². The van der Waals surface area contributed by atoms with E-state index in [-0.39, 0.29) is 24.9 Å². The number of hydrogen-bond donors (Lipinski definition) is 2. The van der Waals surface area contributed by atoms with Crippen LogP contribution in [0.5, 0.6) is 0 Å². The van der Waals surface area contributed by atoms with Crippen molar-refractivity contribution in [3.63, 3.8) is 0 Å². The summed E-state index contributed by atoms with van der Waals surface area (Å²) in [5.41, 5.74) is 2.37. The maximum absolute atomic E-state index is 12.3. The molecular formula is C16H23N7O2. The molecule has 0 fully saturated rings. The van der Waals surface area contributed by atoms with Crippen molar-refractivity contribution in [2.45, 2.75) is 20.8 Å². The van der Waals surface area contributed by atoms with Crippen LogP contribution in [0.3, 0.4) is 0 Å². The lowest BCUT2D eigenvalue weighted by Gasteiger charge is -2.15. The molecule has 0 bridgehead atoms. The fourth-order valence-corrected chi connectivity index (χ4v) is 2.35. The van der Waals surface area contributed by atoms with E-state index in [0.29, 0.717) is 11.8 Å². The lowest BCUT2D eigenvalue weighted by Crippen LogP contribution is -2.37. The van der Waals surface area contributed by atoms with Crippen LogP contribution in [0, 0.1) is 20.8 Å². The summed E-state index contributed by atoms with van der Waals surface area (Å²) in [4.78, 5) is 34.0. The maximum Gasteiger partial charge on any atom is 0.252 e. The molecule has 25 heavy (non-hydrogen) atoms. The van der Waals surface area contributed by atoms with Gasteiger partial charge in [0, 0.05) is 24.5 Å². The number of carbonyl (C=O) groups is 2. The highest BCUT2D eigenvalue weighted by molar-refractivity contribution is 5.92. The molecule has 2 aromatic rings. The first-order chi connectivity index (χ1) is 11.8. The van der Waals surface area contributed by atoms with Gasteiger partial charge in [-0.3, -0.25) is 14.5 Å². The Balaban J connectivity index is 2.15. The molecule has 0 atom stereocenters. The average Bonchev–Trinajstić information content (AvgIpc) is 2.86. The van der Waals surface area contributed by atoms with Crippen LogP contribution in [-0.2, 0) is 9.59 Å². The molecule has 9 nitrogen and oxygen atoms in total. The third kappa shape index (κ3) is 5.08. The van der Waals surface area contributed by atoms with Gasteiger partial charge in [0.25, 0.3) is 5.95 Å². The lowest BCUT2D eigenvalue weighted by atomic mass is 10.4. The number of aromatic nitrogens is 4. The van der Waals surface area contributed by atoms with Crippen molar-refractivity contribution in [3.05, 3.63) is 29.2 Å². The fourth-order valence-electron chi connectivity index (χ4n) is 2.35. The summed E-state index contributed by atoms with van der Waals surface area (Å²) >= 11 is 0. The van der Waals surface area contributed by atoms with E-state index >= 15 is 0 Å². The SMILES string of the molecule is CNC(=O)CN(C)CC(=O)Nc1cc(C)nn1-c1nc(C)cc(C)n1. The minimum atomic E-state index is -0.253. The van der Waals surface area contributed by atoms with Crippen LogP contribution in [-0.4, -0.2) is 63.6 Å². The maximum atomic E-state index is 12.3. The summed E-state index contributed by atoms with van der Waals surface area (Å²) in [6.45, 7) is 5.79. The Morgan fingerprint density at radius 3 is 2.24 bits per heavy atom. The first-order valence-corrected chi connectivity index (χ1v) is 7.86. The smallest absolute Gasteiger partial charge is 0.252 e. The molecule has 0 saturated heterocycles. The Hall–Kier alpha value is -2.81. The number of aryl methyl sites for hydroxylation is 3. The highest BCUT2D eigenvalue weighted by Gasteiger charge is 2.15. The van der Waals surface area contributed by atoms with E-state index in [1.165, 1.54) is 4.68 Å². The van der Waals surface area contributed by atoms with Crippen LogP contribution in [0.15, 0.2) is 12.1 Å². The topological polar surface area (TPSA) is 105 Å². The molecule has 0 aliphatic heterocycles. The summed E-state index contributed by atoms with van der Waals surface area (Å²) in [5.74, 6) is 0.484. The minimum Gasteiger partial charge on any atom is -0.358 e. The van der Waals surface area contributed by atoms with Gasteiger partial charge >= 0.3 is 0 Å². The van der Waals surface area contributed by atoms with Crippen LogP contribution < -0.4 is 10.6 Å². The molecular weight excluding hydrogens is 322 g/mol. The summed E-state index contributed by atoms with van der Waals surface area (Å²) in [6.07, 6.45) is 0. The normalized spacial score (nSPS) is 10.8. The standard InChI is InChI=1S/C16H23N7O2/c1-10-6-11(2)19-16(18-10)23-13(7-12(3)21-23)20-15(25)9-22(5)8-14(24)17-4/h6-7H,8-9H2,1-5H3,(H,17,24)(H,20,25). The molecule has 0 unspecified atom stereocenters. The number of likely N-dealkylation sites (N-methyl/N-ethyl adjacent to an activating group) is 2. The van der Waals surface area contributed by atoms with Gasteiger partial charge in [-0.25, -0.2) is 9.97 Å². The third-order valence-electron chi connectivity index (χ3n) is 3.36. The van der Waals surface area contributed by atoms with E-state index in [2.05, 4.69) is 25.7 Å². The Kier molecular flexibility index (Phi) is 5.81. The van der Waals surface area contributed by atoms with Gasteiger partial charge in [0.2, 0.25) is 11.8 Å². The summed E-state index contributed by atoms with van der Waals surface area (Å²) < 4.78 is 1.51. The summed E-state index contributed by atoms with van der Waals surface area (Å²) in [6, 6.07) is 3.61. The quantitative estimate of drug-likeness (QED) is 0.775. The van der Waals surface area contributed by atoms with Crippen LogP contribution >= 0.6 is 0 Å². The largest absolute Gasteiger partial charge is 0.358 e. The predicted octanol–water partition coefficient (Wildman–Crippen LogP) is 0.204. The highest BCUT2D eigenvalue weighted by Crippen LogP contribution is 2.15. The van der Waals surface area contributed by atoms with Crippen molar-refractivity contribution in [2.24, 2.45) is 0 Å². The molecule has 2 aromatic heterocycles. The minimum absolute atomic E-state index is 0.0748. The molecule has 2 heterocycles. The molecule has 0 saturated carbocycles. The zero-order valence-electron chi connectivity index (χ0n) is 15.1. The van der Waals surface area contributed by atoms with Gasteiger partial charge in [0.15, 0.2) is 0 Å². The molecule has 2 rings (SSSR count).